The van der Waals surface area contributed by atoms with Crippen molar-refractivity contribution in [2.24, 2.45) is 0 Å². The van der Waals surface area contributed by atoms with Crippen molar-refractivity contribution in [1.82, 2.24) is 5.32 Å². The van der Waals surface area contributed by atoms with Crippen LogP contribution in [-0.4, -0.2) is 48.4 Å². The van der Waals surface area contributed by atoms with Gasteiger partial charge in [0.15, 0.2) is 11.5 Å². The van der Waals surface area contributed by atoms with E-state index in [4.69, 9.17) is 14.0 Å². The standard InChI is InChI=1S/C28H31NO5.CH4O3S/c1-18-10-6-8-12-21(18)26(31)33-24-15-14-20(23(30)17-29-28(3,4)5)16-25(24)34-27(32)22-13-9-7-11-19(22)2;1-5(2,3)4/h6-16,23,29-30H,17H2,1-5H3;1H3,(H,2,3,4)/t23-;/m0./s1. The van der Waals surface area contributed by atoms with E-state index in [1.165, 1.54) is 12.1 Å². The van der Waals surface area contributed by atoms with Crippen molar-refractivity contribution in [3.05, 3.63) is 94.5 Å². The Hall–Kier alpha value is -3.57. The third kappa shape index (κ3) is 11.0. The summed E-state index contributed by atoms with van der Waals surface area (Å²) in [5.41, 5.74) is 2.70. The Bertz CT molecular complexity index is 1400. The fraction of sp³-hybridized carbons (Fsp3) is 0.310. The minimum absolute atomic E-state index is 0.0579. The van der Waals surface area contributed by atoms with E-state index in [1.807, 2.05) is 58.9 Å². The van der Waals surface area contributed by atoms with Gasteiger partial charge in [-0.15, -0.1) is 0 Å². The number of benzene rings is 3. The Balaban J connectivity index is 0.000000976. The molecule has 0 aliphatic carbocycles. The molecule has 3 N–H and O–H groups in total. The second-order valence-corrected chi connectivity index (χ2v) is 11.5. The van der Waals surface area contributed by atoms with Gasteiger partial charge in [-0.3, -0.25) is 4.55 Å². The lowest BCUT2D eigenvalue weighted by molar-refractivity contribution is 0.0680. The molecule has 0 fully saturated rings. The van der Waals surface area contributed by atoms with Crippen LogP contribution in [-0.2, 0) is 10.1 Å². The topological polar surface area (TPSA) is 139 Å². The summed E-state index contributed by atoms with van der Waals surface area (Å²) >= 11 is 0. The van der Waals surface area contributed by atoms with Gasteiger partial charge in [0, 0.05) is 12.1 Å². The van der Waals surface area contributed by atoms with Gasteiger partial charge in [-0.25, -0.2) is 9.59 Å². The molecule has 10 heteroatoms. The van der Waals surface area contributed by atoms with Crippen LogP contribution in [0.2, 0.25) is 0 Å². The fourth-order valence-corrected chi connectivity index (χ4v) is 3.33. The fourth-order valence-electron chi connectivity index (χ4n) is 3.33. The number of nitrogens with one attached hydrogen (secondary N) is 1. The van der Waals surface area contributed by atoms with E-state index < -0.39 is 28.2 Å². The zero-order chi connectivity index (χ0) is 29.4. The highest BCUT2D eigenvalue weighted by Crippen LogP contribution is 2.32. The molecule has 0 aromatic heterocycles. The first kappa shape index (κ1) is 31.6. The summed E-state index contributed by atoms with van der Waals surface area (Å²) in [6.07, 6.45) is -0.135. The minimum atomic E-state index is -3.67. The number of aliphatic hydroxyl groups excluding tert-OH is 1. The molecular formula is C29H35NO8S. The predicted molar refractivity (Wildman–Crippen MR) is 149 cm³/mol. The molecule has 0 amide bonds. The van der Waals surface area contributed by atoms with E-state index in [9.17, 15) is 23.1 Å². The summed E-state index contributed by atoms with van der Waals surface area (Å²) in [7, 11) is -3.67. The third-order valence-electron chi connectivity index (χ3n) is 5.31. The molecule has 0 unspecified atom stereocenters. The lowest BCUT2D eigenvalue weighted by Gasteiger charge is -2.23. The number of aliphatic hydroxyl groups is 1. The van der Waals surface area contributed by atoms with Gasteiger partial charge in [-0.2, -0.15) is 8.42 Å². The number of carbonyl (C=O) groups excluding carboxylic acids is 2. The van der Waals surface area contributed by atoms with Gasteiger partial charge < -0.3 is 19.9 Å². The second kappa shape index (κ2) is 13.5. The molecule has 1 atom stereocenters. The Kier molecular flexibility index (Phi) is 10.9. The molecule has 0 radical (unpaired) electrons. The van der Waals surface area contributed by atoms with Gasteiger partial charge in [-0.1, -0.05) is 42.5 Å². The first-order chi connectivity index (χ1) is 18.0. The maximum Gasteiger partial charge on any atom is 0.343 e. The summed E-state index contributed by atoms with van der Waals surface area (Å²) < 4.78 is 37.2. The highest BCUT2D eigenvalue weighted by molar-refractivity contribution is 7.85. The number of hydrogen-bond donors (Lipinski definition) is 3. The molecule has 0 aliphatic heterocycles. The molecule has 9 nitrogen and oxygen atoms in total. The van der Waals surface area contributed by atoms with Gasteiger partial charge >= 0.3 is 11.9 Å². The molecule has 0 spiro atoms. The van der Waals surface area contributed by atoms with Crippen LogP contribution in [0.1, 0.15) is 64.3 Å². The first-order valence-corrected chi connectivity index (χ1v) is 13.9. The Labute approximate surface area is 229 Å². The molecule has 39 heavy (non-hydrogen) atoms. The average molecular weight is 558 g/mol. The molecule has 0 saturated heterocycles. The van der Waals surface area contributed by atoms with E-state index in [1.54, 1.807) is 30.3 Å². The highest BCUT2D eigenvalue weighted by atomic mass is 32.2. The van der Waals surface area contributed by atoms with Crippen molar-refractivity contribution < 1.29 is 37.1 Å². The first-order valence-electron chi connectivity index (χ1n) is 12.1. The van der Waals surface area contributed by atoms with E-state index in [0.717, 1.165) is 11.1 Å². The molecule has 3 rings (SSSR count). The quantitative estimate of drug-likeness (QED) is 0.215. The molecule has 0 aliphatic rings. The van der Waals surface area contributed by atoms with Crippen LogP contribution in [0.15, 0.2) is 66.7 Å². The number of β-amino-alcohol motifs (C(OH)–C–C–N with tert-alkyl or cyclic N) is 1. The van der Waals surface area contributed by atoms with Gasteiger partial charge in [-0.05, 0) is 75.6 Å². The molecular weight excluding hydrogens is 522 g/mol. The lowest BCUT2D eigenvalue weighted by Crippen LogP contribution is -2.38. The monoisotopic (exact) mass is 557 g/mol. The van der Waals surface area contributed by atoms with Crippen molar-refractivity contribution in [2.75, 3.05) is 12.8 Å². The zero-order valence-corrected chi connectivity index (χ0v) is 23.7. The van der Waals surface area contributed by atoms with Crippen molar-refractivity contribution >= 4 is 22.1 Å². The zero-order valence-electron chi connectivity index (χ0n) is 22.9. The van der Waals surface area contributed by atoms with Crippen molar-refractivity contribution in [3.8, 4) is 11.5 Å². The Morgan fingerprint density at radius 2 is 1.28 bits per heavy atom. The van der Waals surface area contributed by atoms with Crippen molar-refractivity contribution in [1.29, 1.82) is 0 Å². The third-order valence-corrected chi connectivity index (χ3v) is 5.31. The summed E-state index contributed by atoms with van der Waals surface area (Å²) in [5.74, 6) is -0.989. The second-order valence-electron chi connectivity index (χ2n) is 9.99. The summed E-state index contributed by atoms with van der Waals surface area (Å²) in [6, 6.07) is 18.9. The van der Waals surface area contributed by atoms with Crippen LogP contribution in [0.25, 0.3) is 0 Å². The van der Waals surface area contributed by atoms with E-state index in [2.05, 4.69) is 5.32 Å². The van der Waals surface area contributed by atoms with E-state index >= 15 is 0 Å². The maximum absolute atomic E-state index is 12.9. The van der Waals surface area contributed by atoms with Gasteiger partial charge in [0.25, 0.3) is 10.1 Å². The number of rotatable bonds is 7. The maximum atomic E-state index is 12.9. The van der Waals surface area contributed by atoms with E-state index in [0.29, 0.717) is 29.5 Å². The molecule has 0 bridgehead atoms. The van der Waals surface area contributed by atoms with Crippen molar-refractivity contribution in [2.45, 2.75) is 46.3 Å². The molecule has 3 aromatic carbocycles. The largest absolute Gasteiger partial charge is 0.419 e. The number of aryl methyl sites for hydroxylation is 2. The van der Waals surface area contributed by atoms with Crippen LogP contribution in [0.3, 0.4) is 0 Å². The smallest absolute Gasteiger partial charge is 0.343 e. The van der Waals surface area contributed by atoms with Crippen LogP contribution in [0.4, 0.5) is 0 Å². The van der Waals surface area contributed by atoms with Crippen LogP contribution >= 0.6 is 0 Å². The predicted octanol–water partition coefficient (Wildman–Crippen LogP) is 4.67. The number of ether oxygens (including phenoxy) is 2. The molecule has 210 valence electrons. The van der Waals surface area contributed by atoms with Gasteiger partial charge in [0.05, 0.1) is 23.5 Å². The highest BCUT2D eigenvalue weighted by Gasteiger charge is 2.21. The number of carbonyl (C=O) groups is 2. The molecule has 0 heterocycles. The number of esters is 2. The molecule has 0 saturated carbocycles. The van der Waals surface area contributed by atoms with Crippen LogP contribution in [0, 0.1) is 13.8 Å². The normalized spacial score (nSPS) is 12.1. The minimum Gasteiger partial charge on any atom is -0.419 e. The van der Waals surface area contributed by atoms with E-state index in [-0.39, 0.29) is 17.0 Å². The van der Waals surface area contributed by atoms with Crippen LogP contribution < -0.4 is 14.8 Å². The Morgan fingerprint density at radius 1 is 0.846 bits per heavy atom. The van der Waals surface area contributed by atoms with Crippen LogP contribution in [0.5, 0.6) is 11.5 Å². The SMILES string of the molecule is CS(=O)(=O)O.Cc1ccccc1C(=O)Oc1ccc([C@@H](O)CNC(C)(C)C)cc1OC(=O)c1ccccc1C. The van der Waals surface area contributed by atoms with Gasteiger partial charge in [0.2, 0.25) is 0 Å². The Morgan fingerprint density at radius 3 is 1.72 bits per heavy atom. The number of hydrogen-bond acceptors (Lipinski definition) is 8. The summed E-state index contributed by atoms with van der Waals surface area (Å²) in [5, 5.41) is 13.9. The lowest BCUT2D eigenvalue weighted by atomic mass is 10.1. The summed E-state index contributed by atoms with van der Waals surface area (Å²) in [4.78, 5) is 25.7. The average Bonchev–Trinajstić information content (AvgIpc) is 2.82. The molecule has 3 aromatic rings. The van der Waals surface area contributed by atoms with Crippen molar-refractivity contribution in [3.63, 3.8) is 0 Å². The summed E-state index contributed by atoms with van der Waals surface area (Å²) in [6.45, 7) is 9.94. The van der Waals surface area contributed by atoms with Gasteiger partial charge in [0.1, 0.15) is 0 Å².